The number of carbonyl (C=O) groups is 1. The van der Waals surface area contributed by atoms with E-state index in [-0.39, 0.29) is 6.61 Å². The van der Waals surface area contributed by atoms with E-state index in [9.17, 15) is 9.18 Å². The lowest BCUT2D eigenvalue weighted by molar-refractivity contribution is -0.140. The van der Waals surface area contributed by atoms with Crippen molar-refractivity contribution < 1.29 is 13.9 Å². The van der Waals surface area contributed by atoms with Crippen LogP contribution in [0.2, 0.25) is 0 Å². The van der Waals surface area contributed by atoms with Crippen LogP contribution in [0.15, 0.2) is 24.2 Å². The van der Waals surface area contributed by atoms with Crippen molar-refractivity contribution in [3.63, 3.8) is 0 Å². The van der Waals surface area contributed by atoms with Crippen LogP contribution >= 0.6 is 0 Å². The van der Waals surface area contributed by atoms with Gasteiger partial charge in [-0.3, -0.25) is 4.90 Å². The largest absolute Gasteiger partial charge is 0.461 e. The van der Waals surface area contributed by atoms with Crippen LogP contribution in [0.25, 0.3) is 6.08 Å². The summed E-state index contributed by atoms with van der Waals surface area (Å²) in [5, 5.41) is 3.51. The first-order valence-electron chi connectivity index (χ1n) is 10.2. The van der Waals surface area contributed by atoms with Gasteiger partial charge < -0.3 is 10.1 Å². The van der Waals surface area contributed by atoms with E-state index in [4.69, 9.17) is 0 Å². The fourth-order valence-corrected chi connectivity index (χ4v) is 4.09. The molecule has 0 unspecified atom stereocenters. The van der Waals surface area contributed by atoms with Gasteiger partial charge in [-0.25, -0.2) is 9.78 Å². The highest BCUT2D eigenvalue weighted by molar-refractivity contribution is 5.91. The highest BCUT2D eigenvalue weighted by atomic mass is 19.1. The quantitative estimate of drug-likeness (QED) is 0.598. The van der Waals surface area contributed by atoms with E-state index in [2.05, 4.69) is 19.9 Å². The normalized spacial score (nSPS) is 22.4. The Labute approximate surface area is 161 Å². The first kappa shape index (κ1) is 19.8. The second kappa shape index (κ2) is 9.83. The molecule has 1 aromatic heterocycles. The molecule has 6 heteroatoms. The van der Waals surface area contributed by atoms with Crippen molar-refractivity contribution in [1.82, 2.24) is 9.88 Å². The van der Waals surface area contributed by atoms with Gasteiger partial charge >= 0.3 is 5.97 Å². The molecule has 2 heterocycles. The average molecular weight is 375 g/mol. The smallest absolute Gasteiger partial charge is 0.367 e. The molecule has 3 rings (SSSR count). The topological polar surface area (TPSA) is 54.5 Å². The number of hydrogen-bond acceptors (Lipinski definition) is 5. The highest BCUT2D eigenvalue weighted by Crippen LogP contribution is 2.26. The maximum Gasteiger partial charge on any atom is 0.367 e. The van der Waals surface area contributed by atoms with E-state index >= 15 is 0 Å². The van der Waals surface area contributed by atoms with Crippen molar-refractivity contribution in [1.29, 1.82) is 0 Å². The summed E-state index contributed by atoms with van der Waals surface area (Å²) >= 11 is 0. The summed E-state index contributed by atoms with van der Waals surface area (Å²) < 4.78 is 18.3. The van der Waals surface area contributed by atoms with Crippen LogP contribution in [0.5, 0.6) is 0 Å². The summed E-state index contributed by atoms with van der Waals surface area (Å²) in [6.45, 7) is 4.06. The van der Waals surface area contributed by atoms with Gasteiger partial charge in [0.05, 0.1) is 6.61 Å². The molecule has 0 spiro atoms. The number of nitrogens with one attached hydrogen (secondary N) is 1. The van der Waals surface area contributed by atoms with Crippen molar-refractivity contribution in [2.75, 3.05) is 25.0 Å². The van der Waals surface area contributed by atoms with Crippen LogP contribution in [-0.2, 0) is 9.53 Å². The standard InChI is InChI=1S/C21H30FN3O2/c1-2-27-21(26)19(22)13-16-10-11-20(23-14-16)24-17-7-6-12-25(15-17)18-8-4-3-5-9-18/h10-11,13-14,17-18H,2-9,12,15H2,1H3,(H,23,24)/b19-13-/t17-/m1/s1. The molecule has 1 aliphatic carbocycles. The van der Waals surface area contributed by atoms with E-state index in [0.717, 1.165) is 30.9 Å². The minimum Gasteiger partial charge on any atom is -0.461 e. The number of hydrogen-bond donors (Lipinski definition) is 1. The molecule has 1 saturated carbocycles. The Balaban J connectivity index is 1.54. The van der Waals surface area contributed by atoms with Gasteiger partial charge in [0.25, 0.3) is 0 Å². The fourth-order valence-electron chi connectivity index (χ4n) is 4.09. The van der Waals surface area contributed by atoms with Crippen LogP contribution < -0.4 is 5.32 Å². The molecular formula is C21H30FN3O2. The molecule has 2 fully saturated rings. The highest BCUT2D eigenvalue weighted by Gasteiger charge is 2.26. The van der Waals surface area contributed by atoms with Crippen molar-refractivity contribution >= 4 is 17.9 Å². The molecule has 1 aromatic rings. The summed E-state index contributed by atoms with van der Waals surface area (Å²) in [7, 11) is 0. The lowest BCUT2D eigenvalue weighted by Gasteiger charge is -2.40. The number of esters is 1. The lowest BCUT2D eigenvalue weighted by atomic mass is 9.92. The Morgan fingerprint density at radius 3 is 2.81 bits per heavy atom. The van der Waals surface area contributed by atoms with Gasteiger partial charge in [-0.05, 0) is 62.9 Å². The molecule has 0 radical (unpaired) electrons. The zero-order valence-corrected chi connectivity index (χ0v) is 16.1. The molecular weight excluding hydrogens is 345 g/mol. The summed E-state index contributed by atoms with van der Waals surface area (Å²) in [6.07, 6.45) is 11.8. The number of pyridine rings is 1. The monoisotopic (exact) mass is 375 g/mol. The number of nitrogens with zero attached hydrogens (tertiary/aromatic N) is 2. The molecule has 0 amide bonds. The molecule has 1 aliphatic heterocycles. The average Bonchev–Trinajstić information content (AvgIpc) is 2.70. The Morgan fingerprint density at radius 1 is 1.30 bits per heavy atom. The number of carbonyl (C=O) groups excluding carboxylic acids is 1. The zero-order valence-electron chi connectivity index (χ0n) is 16.1. The zero-order chi connectivity index (χ0) is 19.1. The van der Waals surface area contributed by atoms with Gasteiger partial charge in [-0.1, -0.05) is 19.3 Å². The number of likely N-dealkylation sites (tertiary alicyclic amines) is 1. The molecule has 1 N–H and O–H groups in total. The number of halogens is 1. The first-order chi connectivity index (χ1) is 13.2. The van der Waals surface area contributed by atoms with Crippen LogP contribution in [0.3, 0.4) is 0 Å². The summed E-state index contributed by atoms with van der Waals surface area (Å²) in [5.74, 6) is -1.06. The summed E-state index contributed by atoms with van der Waals surface area (Å²) in [5.41, 5.74) is 0.540. The van der Waals surface area contributed by atoms with Crippen LogP contribution in [0.1, 0.15) is 57.4 Å². The third-order valence-electron chi connectivity index (χ3n) is 5.45. The Morgan fingerprint density at radius 2 is 2.11 bits per heavy atom. The molecule has 148 valence electrons. The van der Waals surface area contributed by atoms with Gasteiger partial charge in [-0.15, -0.1) is 0 Å². The van der Waals surface area contributed by atoms with Crippen LogP contribution in [0, 0.1) is 0 Å². The van der Waals surface area contributed by atoms with E-state index < -0.39 is 11.8 Å². The predicted molar refractivity (Wildman–Crippen MR) is 105 cm³/mol. The number of rotatable bonds is 6. The Hall–Kier alpha value is -1.95. The molecule has 1 saturated heterocycles. The van der Waals surface area contributed by atoms with Gasteiger partial charge in [0.1, 0.15) is 5.82 Å². The van der Waals surface area contributed by atoms with Crippen molar-refractivity contribution in [2.24, 2.45) is 0 Å². The van der Waals surface area contributed by atoms with Crippen molar-refractivity contribution in [3.05, 3.63) is 29.7 Å². The van der Waals surface area contributed by atoms with E-state index in [1.54, 1.807) is 19.2 Å². The van der Waals surface area contributed by atoms with E-state index in [0.29, 0.717) is 11.6 Å². The Kier molecular flexibility index (Phi) is 7.21. The molecule has 2 aliphatic rings. The van der Waals surface area contributed by atoms with E-state index in [1.165, 1.54) is 45.1 Å². The van der Waals surface area contributed by atoms with E-state index in [1.807, 2.05) is 6.07 Å². The number of ether oxygens (including phenoxy) is 1. The van der Waals surface area contributed by atoms with Crippen molar-refractivity contribution in [2.45, 2.75) is 64.0 Å². The summed E-state index contributed by atoms with van der Waals surface area (Å²) in [4.78, 5) is 18.4. The fraction of sp³-hybridized carbons (Fsp3) is 0.619. The molecule has 1 atom stereocenters. The lowest BCUT2D eigenvalue weighted by Crippen LogP contribution is -2.47. The maximum absolute atomic E-state index is 13.7. The number of aromatic nitrogens is 1. The van der Waals surface area contributed by atoms with Crippen LogP contribution in [-0.4, -0.2) is 47.6 Å². The minimum atomic E-state index is -0.940. The van der Waals surface area contributed by atoms with Crippen molar-refractivity contribution in [3.8, 4) is 0 Å². The van der Waals surface area contributed by atoms with Gasteiger partial charge in [0, 0.05) is 24.8 Å². The maximum atomic E-state index is 13.7. The molecule has 27 heavy (non-hydrogen) atoms. The number of anilines is 1. The first-order valence-corrected chi connectivity index (χ1v) is 10.2. The second-order valence-corrected chi connectivity index (χ2v) is 7.46. The molecule has 0 bridgehead atoms. The SMILES string of the molecule is CCOC(=O)/C(F)=C/c1ccc(N[C@@H]2CCCN(C3CCCCC3)C2)nc1. The summed E-state index contributed by atoms with van der Waals surface area (Å²) in [6, 6.07) is 4.74. The second-order valence-electron chi connectivity index (χ2n) is 7.46. The molecule has 0 aromatic carbocycles. The Bertz CT molecular complexity index is 641. The molecule has 5 nitrogen and oxygen atoms in total. The minimum absolute atomic E-state index is 0.153. The number of piperidine rings is 1. The van der Waals surface area contributed by atoms with Crippen LogP contribution in [0.4, 0.5) is 10.2 Å². The van der Waals surface area contributed by atoms with Gasteiger partial charge in [0.15, 0.2) is 0 Å². The third kappa shape index (κ3) is 5.76. The third-order valence-corrected chi connectivity index (χ3v) is 5.45. The van der Waals surface area contributed by atoms with Gasteiger partial charge in [-0.2, -0.15) is 4.39 Å². The van der Waals surface area contributed by atoms with Gasteiger partial charge in [0.2, 0.25) is 5.83 Å². The predicted octanol–water partition coefficient (Wildman–Crippen LogP) is 4.16.